The Hall–Kier alpha value is -1.88. The molecule has 0 spiro atoms. The Kier molecular flexibility index (Phi) is 4.66. The topological polar surface area (TPSA) is 60.9 Å². The largest absolute Gasteiger partial charge is 0.480 e. The zero-order valence-electron chi connectivity index (χ0n) is 13.6. The molecule has 5 heteroatoms. The van der Waals surface area contributed by atoms with Crippen molar-refractivity contribution in [2.45, 2.75) is 44.2 Å². The summed E-state index contributed by atoms with van der Waals surface area (Å²) >= 11 is 0. The number of fused-ring (bicyclic) bond motifs is 1. The minimum Gasteiger partial charge on any atom is -0.480 e. The van der Waals surface area contributed by atoms with E-state index in [-0.39, 0.29) is 18.5 Å². The highest BCUT2D eigenvalue weighted by molar-refractivity contribution is 5.80. The lowest BCUT2D eigenvalue weighted by molar-refractivity contribution is -0.143. The predicted octanol–water partition coefficient (Wildman–Crippen LogP) is 2.07. The van der Waals surface area contributed by atoms with Crippen molar-refractivity contribution in [1.29, 1.82) is 0 Å². The lowest BCUT2D eigenvalue weighted by Gasteiger charge is -2.34. The number of benzene rings is 1. The number of carboxylic acid groups (broad SMARTS) is 1. The van der Waals surface area contributed by atoms with Gasteiger partial charge in [0.1, 0.15) is 6.04 Å². The molecule has 2 unspecified atom stereocenters. The molecule has 0 bridgehead atoms. The fourth-order valence-electron chi connectivity index (χ4n) is 3.88. The van der Waals surface area contributed by atoms with E-state index in [4.69, 9.17) is 0 Å². The molecule has 23 heavy (non-hydrogen) atoms. The van der Waals surface area contributed by atoms with Crippen molar-refractivity contribution in [3.63, 3.8) is 0 Å². The first-order valence-electron chi connectivity index (χ1n) is 8.38. The fourth-order valence-corrected chi connectivity index (χ4v) is 3.88. The van der Waals surface area contributed by atoms with Gasteiger partial charge in [0.15, 0.2) is 0 Å². The second kappa shape index (κ2) is 6.71. The summed E-state index contributed by atoms with van der Waals surface area (Å²) in [6.07, 6.45) is 4.61. The SMILES string of the molecule is CN(C(=O)CN1CCCC1C(=O)O)C1CCCc2ccccc21. The molecule has 3 rings (SSSR count). The summed E-state index contributed by atoms with van der Waals surface area (Å²) in [5.74, 6) is -0.805. The van der Waals surface area contributed by atoms with Crippen molar-refractivity contribution >= 4 is 11.9 Å². The monoisotopic (exact) mass is 316 g/mol. The van der Waals surface area contributed by atoms with Gasteiger partial charge in [0, 0.05) is 7.05 Å². The molecule has 1 fully saturated rings. The zero-order valence-corrected chi connectivity index (χ0v) is 13.6. The van der Waals surface area contributed by atoms with Gasteiger partial charge < -0.3 is 10.0 Å². The smallest absolute Gasteiger partial charge is 0.320 e. The second-order valence-corrected chi connectivity index (χ2v) is 6.58. The van der Waals surface area contributed by atoms with Crippen molar-refractivity contribution in [2.75, 3.05) is 20.1 Å². The highest BCUT2D eigenvalue weighted by Crippen LogP contribution is 2.33. The highest BCUT2D eigenvalue weighted by atomic mass is 16.4. The van der Waals surface area contributed by atoms with E-state index in [2.05, 4.69) is 12.1 Å². The van der Waals surface area contributed by atoms with Gasteiger partial charge in [-0.15, -0.1) is 0 Å². The molecule has 1 saturated heterocycles. The van der Waals surface area contributed by atoms with Crippen molar-refractivity contribution in [3.8, 4) is 0 Å². The number of carbonyl (C=O) groups excluding carboxylic acids is 1. The molecule has 5 nitrogen and oxygen atoms in total. The van der Waals surface area contributed by atoms with Gasteiger partial charge in [0.05, 0.1) is 12.6 Å². The number of carbonyl (C=O) groups is 2. The van der Waals surface area contributed by atoms with Gasteiger partial charge in [-0.3, -0.25) is 14.5 Å². The predicted molar refractivity (Wildman–Crippen MR) is 87.1 cm³/mol. The number of aryl methyl sites for hydroxylation is 1. The molecular weight excluding hydrogens is 292 g/mol. The lowest BCUT2D eigenvalue weighted by atomic mass is 9.87. The molecule has 1 amide bonds. The Bertz CT molecular complexity index is 602. The number of likely N-dealkylation sites (N-methyl/N-ethyl adjacent to an activating group) is 1. The van der Waals surface area contributed by atoms with Crippen LogP contribution in [0.3, 0.4) is 0 Å². The molecule has 124 valence electrons. The van der Waals surface area contributed by atoms with E-state index in [9.17, 15) is 14.7 Å². The van der Waals surface area contributed by atoms with E-state index >= 15 is 0 Å². The van der Waals surface area contributed by atoms with Gasteiger partial charge in [-0.05, 0) is 49.8 Å². The quantitative estimate of drug-likeness (QED) is 0.924. The molecule has 0 aromatic heterocycles. The number of carboxylic acids is 1. The van der Waals surface area contributed by atoms with Crippen LogP contribution in [0.25, 0.3) is 0 Å². The fraction of sp³-hybridized carbons (Fsp3) is 0.556. The van der Waals surface area contributed by atoms with Crippen LogP contribution < -0.4 is 0 Å². The van der Waals surface area contributed by atoms with Crippen LogP contribution in [0.5, 0.6) is 0 Å². The molecule has 1 aromatic carbocycles. The number of hydrogen-bond acceptors (Lipinski definition) is 3. The lowest BCUT2D eigenvalue weighted by Crippen LogP contribution is -2.44. The molecule has 1 N–H and O–H groups in total. The molecule has 0 radical (unpaired) electrons. The Morgan fingerprint density at radius 3 is 2.83 bits per heavy atom. The molecule has 1 aliphatic heterocycles. The Labute approximate surface area is 136 Å². The molecule has 2 aliphatic rings. The van der Waals surface area contributed by atoms with Gasteiger partial charge in [0.2, 0.25) is 5.91 Å². The Balaban J connectivity index is 1.70. The van der Waals surface area contributed by atoms with E-state index in [1.807, 2.05) is 24.1 Å². The molecule has 2 atom stereocenters. The molecule has 1 heterocycles. The third-order valence-corrected chi connectivity index (χ3v) is 5.19. The Morgan fingerprint density at radius 2 is 2.04 bits per heavy atom. The van der Waals surface area contributed by atoms with Crippen LogP contribution in [-0.4, -0.2) is 53.0 Å². The van der Waals surface area contributed by atoms with E-state index in [0.717, 1.165) is 25.7 Å². The number of aliphatic carboxylic acids is 1. The summed E-state index contributed by atoms with van der Waals surface area (Å²) in [5, 5.41) is 9.25. The van der Waals surface area contributed by atoms with Crippen LogP contribution in [-0.2, 0) is 16.0 Å². The van der Waals surface area contributed by atoms with Crippen molar-refractivity contribution in [3.05, 3.63) is 35.4 Å². The summed E-state index contributed by atoms with van der Waals surface area (Å²) in [6, 6.07) is 7.92. The van der Waals surface area contributed by atoms with Crippen LogP contribution in [0, 0.1) is 0 Å². The summed E-state index contributed by atoms with van der Waals surface area (Å²) in [6.45, 7) is 0.893. The number of rotatable bonds is 4. The summed E-state index contributed by atoms with van der Waals surface area (Å²) in [7, 11) is 1.85. The van der Waals surface area contributed by atoms with Crippen LogP contribution in [0.2, 0.25) is 0 Å². The van der Waals surface area contributed by atoms with Gasteiger partial charge in [0.25, 0.3) is 0 Å². The van der Waals surface area contributed by atoms with E-state index in [1.165, 1.54) is 11.1 Å². The van der Waals surface area contributed by atoms with E-state index in [1.54, 1.807) is 4.90 Å². The maximum atomic E-state index is 12.7. The van der Waals surface area contributed by atoms with Crippen LogP contribution >= 0.6 is 0 Å². The standard InChI is InChI=1S/C18H24N2O3/c1-19(15-9-4-7-13-6-2-3-8-14(13)15)17(21)12-20-11-5-10-16(20)18(22)23/h2-3,6,8,15-16H,4-5,7,9-12H2,1H3,(H,22,23). The third-order valence-electron chi connectivity index (χ3n) is 5.19. The second-order valence-electron chi connectivity index (χ2n) is 6.58. The summed E-state index contributed by atoms with van der Waals surface area (Å²) in [4.78, 5) is 27.5. The van der Waals surface area contributed by atoms with Gasteiger partial charge in [-0.1, -0.05) is 24.3 Å². The number of nitrogens with zero attached hydrogens (tertiary/aromatic N) is 2. The molecule has 0 saturated carbocycles. The van der Waals surface area contributed by atoms with Gasteiger partial charge in [-0.25, -0.2) is 0 Å². The van der Waals surface area contributed by atoms with E-state index < -0.39 is 12.0 Å². The van der Waals surface area contributed by atoms with Crippen molar-refractivity contribution in [1.82, 2.24) is 9.80 Å². The molecular formula is C18H24N2O3. The first-order valence-corrected chi connectivity index (χ1v) is 8.38. The first-order chi connectivity index (χ1) is 11.1. The number of hydrogen-bond donors (Lipinski definition) is 1. The number of likely N-dealkylation sites (tertiary alicyclic amines) is 1. The maximum absolute atomic E-state index is 12.7. The first kappa shape index (κ1) is 16.0. The normalized spacial score (nSPS) is 24.2. The maximum Gasteiger partial charge on any atom is 0.320 e. The number of amides is 1. The summed E-state index contributed by atoms with van der Waals surface area (Å²) < 4.78 is 0. The molecule has 1 aliphatic carbocycles. The average Bonchev–Trinajstić information content (AvgIpc) is 3.02. The van der Waals surface area contributed by atoms with Crippen LogP contribution in [0.15, 0.2) is 24.3 Å². The van der Waals surface area contributed by atoms with Crippen molar-refractivity contribution in [2.24, 2.45) is 0 Å². The minimum absolute atomic E-state index is 0.0138. The van der Waals surface area contributed by atoms with Gasteiger partial charge >= 0.3 is 5.97 Å². The third kappa shape index (κ3) is 3.24. The van der Waals surface area contributed by atoms with Crippen LogP contribution in [0.4, 0.5) is 0 Å². The van der Waals surface area contributed by atoms with Crippen molar-refractivity contribution < 1.29 is 14.7 Å². The zero-order chi connectivity index (χ0) is 16.4. The summed E-state index contributed by atoms with van der Waals surface area (Å²) in [5.41, 5.74) is 2.57. The average molecular weight is 316 g/mol. The highest BCUT2D eigenvalue weighted by Gasteiger charge is 2.34. The van der Waals surface area contributed by atoms with Crippen LogP contribution in [0.1, 0.15) is 42.9 Å². The van der Waals surface area contributed by atoms with Gasteiger partial charge in [-0.2, -0.15) is 0 Å². The molecule has 1 aromatic rings. The van der Waals surface area contributed by atoms with E-state index in [0.29, 0.717) is 13.0 Å². The Morgan fingerprint density at radius 1 is 1.26 bits per heavy atom. The minimum atomic E-state index is -0.819.